The zero-order valence-electron chi connectivity index (χ0n) is 19.8. The SMILES string of the molecule is Cc1cc2cc(CN(CC3CCCO3)C(=S)NCCCN3CCOCC3)c(=O)[nH]c2cc1C. The molecule has 2 saturated heterocycles. The van der Waals surface area contributed by atoms with Gasteiger partial charge >= 0.3 is 0 Å². The van der Waals surface area contributed by atoms with Gasteiger partial charge in [0.25, 0.3) is 5.56 Å². The molecule has 0 radical (unpaired) electrons. The predicted octanol–water partition coefficient (Wildman–Crippen LogP) is 2.72. The van der Waals surface area contributed by atoms with E-state index >= 15 is 0 Å². The normalized spacial score (nSPS) is 19.2. The van der Waals surface area contributed by atoms with Gasteiger partial charge in [0.2, 0.25) is 0 Å². The molecule has 2 N–H and O–H groups in total. The summed E-state index contributed by atoms with van der Waals surface area (Å²) >= 11 is 5.77. The van der Waals surface area contributed by atoms with Gasteiger partial charge in [-0.1, -0.05) is 0 Å². The quantitative estimate of drug-likeness (QED) is 0.452. The molecule has 2 aromatic rings. The molecule has 7 nitrogen and oxygen atoms in total. The number of hydrogen-bond donors (Lipinski definition) is 2. The molecule has 2 aliphatic heterocycles. The van der Waals surface area contributed by atoms with Crippen LogP contribution in [-0.2, 0) is 16.0 Å². The number of pyridine rings is 1. The topological polar surface area (TPSA) is 69.8 Å². The van der Waals surface area contributed by atoms with Gasteiger partial charge in [0.1, 0.15) is 0 Å². The smallest absolute Gasteiger partial charge is 0.253 e. The zero-order valence-corrected chi connectivity index (χ0v) is 20.6. The summed E-state index contributed by atoms with van der Waals surface area (Å²) in [7, 11) is 0. The Morgan fingerprint density at radius 2 is 2.00 bits per heavy atom. The Morgan fingerprint density at radius 1 is 1.21 bits per heavy atom. The number of thiocarbonyl (C=S) groups is 1. The first-order valence-corrected chi connectivity index (χ1v) is 12.5. The second-order valence-electron chi connectivity index (χ2n) is 9.20. The summed E-state index contributed by atoms with van der Waals surface area (Å²) in [5.74, 6) is 0. The number of aryl methyl sites for hydroxylation is 2. The summed E-state index contributed by atoms with van der Waals surface area (Å²) in [6.07, 6.45) is 3.28. The van der Waals surface area contributed by atoms with Crippen molar-refractivity contribution in [1.29, 1.82) is 0 Å². The summed E-state index contributed by atoms with van der Waals surface area (Å²) in [4.78, 5) is 20.4. The van der Waals surface area contributed by atoms with Crippen molar-refractivity contribution in [3.05, 3.63) is 45.2 Å². The number of morpholine rings is 1. The first-order valence-electron chi connectivity index (χ1n) is 12.1. The number of nitrogens with one attached hydrogen (secondary N) is 2. The van der Waals surface area contributed by atoms with Crippen molar-refractivity contribution < 1.29 is 9.47 Å². The van der Waals surface area contributed by atoms with Crippen LogP contribution >= 0.6 is 12.2 Å². The summed E-state index contributed by atoms with van der Waals surface area (Å²) in [5, 5.41) is 5.16. The monoisotopic (exact) mass is 472 g/mol. The molecule has 180 valence electrons. The summed E-state index contributed by atoms with van der Waals surface area (Å²) in [6.45, 7) is 11.6. The Morgan fingerprint density at radius 3 is 2.76 bits per heavy atom. The number of benzene rings is 1. The van der Waals surface area contributed by atoms with Crippen LogP contribution in [0.1, 0.15) is 36.0 Å². The lowest BCUT2D eigenvalue weighted by molar-refractivity contribution is 0.0375. The van der Waals surface area contributed by atoms with Crippen LogP contribution < -0.4 is 10.9 Å². The van der Waals surface area contributed by atoms with Crippen LogP contribution in [0.3, 0.4) is 0 Å². The molecule has 0 saturated carbocycles. The Kier molecular flexibility index (Phi) is 8.35. The minimum atomic E-state index is -0.0572. The highest BCUT2D eigenvalue weighted by molar-refractivity contribution is 7.80. The van der Waals surface area contributed by atoms with E-state index in [4.69, 9.17) is 21.7 Å². The van der Waals surface area contributed by atoms with Gasteiger partial charge in [-0.2, -0.15) is 0 Å². The van der Waals surface area contributed by atoms with Crippen LogP contribution in [0.15, 0.2) is 23.0 Å². The third kappa shape index (κ3) is 6.53. The molecule has 0 aliphatic carbocycles. The molecule has 2 fully saturated rings. The van der Waals surface area contributed by atoms with E-state index in [1.165, 1.54) is 11.1 Å². The Labute approximate surface area is 201 Å². The molecule has 33 heavy (non-hydrogen) atoms. The number of aromatic nitrogens is 1. The van der Waals surface area contributed by atoms with Gasteiger partial charge in [0, 0.05) is 43.9 Å². The van der Waals surface area contributed by atoms with Gasteiger partial charge < -0.3 is 24.7 Å². The van der Waals surface area contributed by atoms with E-state index < -0.39 is 0 Å². The number of H-pyrrole nitrogens is 1. The molecule has 0 bridgehead atoms. The van der Waals surface area contributed by atoms with Gasteiger partial charge in [-0.05, 0) is 86.6 Å². The predicted molar refractivity (Wildman–Crippen MR) is 136 cm³/mol. The fraction of sp³-hybridized carbons (Fsp3) is 0.600. The van der Waals surface area contributed by atoms with Crippen molar-refractivity contribution in [2.45, 2.75) is 45.8 Å². The minimum absolute atomic E-state index is 0.0572. The second kappa shape index (κ2) is 11.4. The van der Waals surface area contributed by atoms with Crippen LogP contribution in [0.5, 0.6) is 0 Å². The van der Waals surface area contributed by atoms with E-state index in [0.717, 1.165) is 81.7 Å². The molecule has 1 aromatic carbocycles. The number of hydrogen-bond acceptors (Lipinski definition) is 5. The van der Waals surface area contributed by atoms with Crippen LogP contribution in [0, 0.1) is 13.8 Å². The Bertz CT molecular complexity index is 1010. The highest BCUT2D eigenvalue weighted by atomic mass is 32.1. The average molecular weight is 473 g/mol. The molecule has 1 atom stereocenters. The highest BCUT2D eigenvalue weighted by Gasteiger charge is 2.22. The zero-order chi connectivity index (χ0) is 23.2. The maximum Gasteiger partial charge on any atom is 0.253 e. The van der Waals surface area contributed by atoms with Crippen molar-refractivity contribution >= 4 is 28.2 Å². The molecule has 8 heteroatoms. The molecule has 4 rings (SSSR count). The number of fused-ring (bicyclic) bond motifs is 1. The highest BCUT2D eigenvalue weighted by Crippen LogP contribution is 2.19. The van der Waals surface area contributed by atoms with E-state index in [1.54, 1.807) is 0 Å². The maximum absolute atomic E-state index is 12.9. The van der Waals surface area contributed by atoms with Crippen molar-refractivity contribution in [2.75, 3.05) is 52.5 Å². The first-order chi connectivity index (χ1) is 16.0. The fourth-order valence-electron chi connectivity index (χ4n) is 4.53. The van der Waals surface area contributed by atoms with Crippen molar-refractivity contribution in [3.8, 4) is 0 Å². The Hall–Kier alpha value is -2.00. The van der Waals surface area contributed by atoms with Crippen molar-refractivity contribution in [3.63, 3.8) is 0 Å². The van der Waals surface area contributed by atoms with Crippen molar-refractivity contribution in [1.82, 2.24) is 20.1 Å². The second-order valence-corrected chi connectivity index (χ2v) is 9.59. The van der Waals surface area contributed by atoms with E-state index in [0.29, 0.717) is 18.2 Å². The lowest BCUT2D eigenvalue weighted by Gasteiger charge is -2.29. The molecular weight excluding hydrogens is 436 g/mol. The van der Waals surface area contributed by atoms with E-state index in [1.807, 2.05) is 12.1 Å². The average Bonchev–Trinajstić information content (AvgIpc) is 3.32. The Balaban J connectivity index is 1.42. The molecule has 0 spiro atoms. The van der Waals surface area contributed by atoms with E-state index in [9.17, 15) is 4.79 Å². The number of ether oxygens (including phenoxy) is 2. The first kappa shape index (κ1) is 24.1. The molecule has 2 aliphatic rings. The third-order valence-electron chi connectivity index (χ3n) is 6.66. The number of nitrogens with zero attached hydrogens (tertiary/aromatic N) is 2. The van der Waals surface area contributed by atoms with Crippen LogP contribution in [0.4, 0.5) is 0 Å². The van der Waals surface area contributed by atoms with Gasteiger partial charge in [-0.15, -0.1) is 0 Å². The molecule has 1 unspecified atom stereocenters. The fourth-order valence-corrected chi connectivity index (χ4v) is 4.77. The van der Waals surface area contributed by atoms with E-state index in [-0.39, 0.29) is 11.7 Å². The summed E-state index contributed by atoms with van der Waals surface area (Å²) in [5.41, 5.74) is 3.93. The van der Waals surface area contributed by atoms with Crippen LogP contribution in [0.25, 0.3) is 10.9 Å². The van der Waals surface area contributed by atoms with Gasteiger partial charge in [0.15, 0.2) is 5.11 Å². The number of aromatic amines is 1. The molecule has 3 heterocycles. The summed E-state index contributed by atoms with van der Waals surface area (Å²) in [6, 6.07) is 6.18. The van der Waals surface area contributed by atoms with Crippen LogP contribution in [0.2, 0.25) is 0 Å². The third-order valence-corrected chi connectivity index (χ3v) is 7.07. The minimum Gasteiger partial charge on any atom is -0.379 e. The number of rotatable bonds is 8. The lowest BCUT2D eigenvalue weighted by Crippen LogP contribution is -2.45. The van der Waals surface area contributed by atoms with Crippen molar-refractivity contribution in [2.24, 2.45) is 0 Å². The molecule has 0 amide bonds. The standard InChI is InChI=1S/C25H36N4O3S/c1-18-13-20-15-21(24(30)27-23(20)14-19(18)2)16-29(17-22-5-3-10-32-22)25(33)26-6-4-7-28-8-11-31-12-9-28/h13-15,22H,3-12,16-17H2,1-2H3,(H,26,33)(H,27,30). The largest absolute Gasteiger partial charge is 0.379 e. The summed E-state index contributed by atoms with van der Waals surface area (Å²) < 4.78 is 11.3. The lowest BCUT2D eigenvalue weighted by atomic mass is 10.0. The molecular formula is C25H36N4O3S. The van der Waals surface area contributed by atoms with Gasteiger partial charge in [0.05, 0.1) is 25.9 Å². The van der Waals surface area contributed by atoms with Crippen LogP contribution in [-0.4, -0.2) is 78.5 Å². The maximum atomic E-state index is 12.9. The van der Waals surface area contributed by atoms with E-state index in [2.05, 4.69) is 40.0 Å². The molecule has 1 aromatic heterocycles. The van der Waals surface area contributed by atoms with Gasteiger partial charge in [-0.3, -0.25) is 9.69 Å². The van der Waals surface area contributed by atoms with Gasteiger partial charge in [-0.25, -0.2) is 0 Å².